The Morgan fingerprint density at radius 3 is 2.94 bits per heavy atom. The van der Waals surface area contributed by atoms with Gasteiger partial charge in [0.05, 0.1) is 0 Å². The smallest absolute Gasteiger partial charge is 0.266 e. The number of nitrogens with zero attached hydrogens (tertiary/aromatic N) is 1. The van der Waals surface area contributed by atoms with Gasteiger partial charge in [-0.15, -0.1) is 11.3 Å². The first-order valence-electron chi connectivity index (χ1n) is 4.64. The molecular weight excluding hydrogens is 288 g/mol. The van der Waals surface area contributed by atoms with E-state index in [2.05, 4.69) is 26.2 Å². The van der Waals surface area contributed by atoms with E-state index in [1.54, 1.807) is 12.3 Å². The zero-order valence-corrected chi connectivity index (χ0v) is 10.9. The third-order valence-corrected chi connectivity index (χ3v) is 3.81. The van der Waals surface area contributed by atoms with Gasteiger partial charge in [-0.3, -0.25) is 9.78 Å². The number of carbonyl (C=O) groups excluding carboxylic acids is 1. The van der Waals surface area contributed by atoms with Crippen molar-refractivity contribution in [2.75, 3.05) is 5.32 Å². The van der Waals surface area contributed by atoms with Crippen LogP contribution in [-0.4, -0.2) is 10.9 Å². The second-order valence-corrected chi connectivity index (χ2v) is 5.01. The Balaban J connectivity index is 2.17. The molecule has 0 aliphatic carbocycles. The number of aromatic nitrogens is 1. The van der Waals surface area contributed by atoms with Gasteiger partial charge >= 0.3 is 0 Å². The van der Waals surface area contributed by atoms with Crippen molar-refractivity contribution in [1.82, 2.24) is 4.98 Å². The van der Waals surface area contributed by atoms with Crippen LogP contribution >= 0.6 is 27.3 Å². The van der Waals surface area contributed by atoms with Crippen LogP contribution in [-0.2, 0) is 0 Å². The van der Waals surface area contributed by atoms with Crippen molar-refractivity contribution < 1.29 is 4.79 Å². The fourth-order valence-corrected chi connectivity index (χ4v) is 2.71. The highest BCUT2D eigenvalue weighted by molar-refractivity contribution is 9.10. The van der Waals surface area contributed by atoms with Crippen LogP contribution in [0.1, 0.15) is 15.4 Å². The lowest BCUT2D eigenvalue weighted by Gasteiger charge is -2.04. The molecule has 1 N–H and O–H groups in total. The number of rotatable bonds is 2. The van der Waals surface area contributed by atoms with Crippen LogP contribution in [0.15, 0.2) is 34.2 Å². The van der Waals surface area contributed by atoms with E-state index in [4.69, 9.17) is 0 Å². The molecule has 0 aliphatic rings. The molecule has 0 atom stereocenters. The maximum Gasteiger partial charge on any atom is 0.266 e. The Morgan fingerprint density at radius 2 is 2.31 bits per heavy atom. The van der Waals surface area contributed by atoms with Crippen LogP contribution < -0.4 is 5.32 Å². The number of thiophene rings is 1. The molecule has 82 valence electrons. The van der Waals surface area contributed by atoms with Gasteiger partial charge in [-0.1, -0.05) is 0 Å². The Bertz CT molecular complexity index is 524. The van der Waals surface area contributed by atoms with Crippen molar-refractivity contribution in [2.45, 2.75) is 6.92 Å². The second-order valence-electron chi connectivity index (χ2n) is 3.24. The van der Waals surface area contributed by atoms with E-state index in [0.717, 1.165) is 15.9 Å². The van der Waals surface area contributed by atoms with Crippen molar-refractivity contribution >= 4 is 38.9 Å². The summed E-state index contributed by atoms with van der Waals surface area (Å²) in [6.45, 7) is 1.89. The summed E-state index contributed by atoms with van der Waals surface area (Å²) in [6, 6.07) is 5.46. The quantitative estimate of drug-likeness (QED) is 0.922. The predicted octanol–water partition coefficient (Wildman–Crippen LogP) is 3.47. The van der Waals surface area contributed by atoms with Crippen molar-refractivity contribution in [3.05, 3.63) is 44.8 Å². The third-order valence-electron chi connectivity index (χ3n) is 1.98. The molecule has 2 aromatic rings. The Hall–Kier alpha value is -1.20. The predicted molar refractivity (Wildman–Crippen MR) is 68.9 cm³/mol. The molecule has 0 aromatic carbocycles. The minimum absolute atomic E-state index is 0.104. The summed E-state index contributed by atoms with van der Waals surface area (Å²) >= 11 is 4.74. The molecule has 2 rings (SSSR count). The topological polar surface area (TPSA) is 42.0 Å². The minimum atomic E-state index is -0.104. The van der Waals surface area contributed by atoms with E-state index in [1.807, 2.05) is 24.4 Å². The molecule has 16 heavy (non-hydrogen) atoms. The highest BCUT2D eigenvalue weighted by Gasteiger charge is 2.11. The molecule has 3 nitrogen and oxygen atoms in total. The number of hydrogen-bond acceptors (Lipinski definition) is 3. The first-order valence-corrected chi connectivity index (χ1v) is 6.31. The molecule has 0 bridgehead atoms. The zero-order valence-electron chi connectivity index (χ0n) is 8.53. The SMILES string of the molecule is Cc1cc(NC(=O)c2sccc2Br)ccn1. The van der Waals surface area contributed by atoms with Gasteiger partial charge in [0.1, 0.15) is 4.88 Å². The Morgan fingerprint density at radius 1 is 1.50 bits per heavy atom. The summed E-state index contributed by atoms with van der Waals surface area (Å²) in [5.41, 5.74) is 1.64. The first kappa shape index (κ1) is 11.3. The van der Waals surface area contributed by atoms with Gasteiger partial charge < -0.3 is 5.32 Å². The van der Waals surface area contributed by atoms with Gasteiger partial charge in [-0.25, -0.2) is 0 Å². The normalized spacial score (nSPS) is 10.1. The number of hydrogen-bond donors (Lipinski definition) is 1. The molecular formula is C11H9BrN2OS. The largest absolute Gasteiger partial charge is 0.321 e. The highest BCUT2D eigenvalue weighted by Crippen LogP contribution is 2.23. The fraction of sp³-hybridized carbons (Fsp3) is 0.0909. The number of halogens is 1. The van der Waals surface area contributed by atoms with E-state index in [9.17, 15) is 4.79 Å². The fourth-order valence-electron chi connectivity index (χ4n) is 1.27. The van der Waals surface area contributed by atoms with Gasteiger partial charge in [0.2, 0.25) is 0 Å². The summed E-state index contributed by atoms with van der Waals surface area (Å²) in [5.74, 6) is -0.104. The lowest BCUT2D eigenvalue weighted by atomic mass is 10.3. The van der Waals surface area contributed by atoms with Crippen LogP contribution in [0.2, 0.25) is 0 Å². The number of aryl methyl sites for hydroxylation is 1. The molecule has 0 saturated heterocycles. The van der Waals surface area contributed by atoms with Crippen molar-refractivity contribution in [1.29, 1.82) is 0 Å². The first-order chi connectivity index (χ1) is 7.66. The maximum absolute atomic E-state index is 11.9. The van der Waals surface area contributed by atoms with Crippen LogP contribution in [0, 0.1) is 6.92 Å². The van der Waals surface area contributed by atoms with Crippen molar-refractivity contribution in [2.24, 2.45) is 0 Å². The lowest BCUT2D eigenvalue weighted by Crippen LogP contribution is -2.10. The summed E-state index contributed by atoms with van der Waals surface area (Å²) in [7, 11) is 0. The van der Waals surface area contributed by atoms with Gasteiger partial charge in [0.25, 0.3) is 5.91 Å². The van der Waals surface area contributed by atoms with Crippen LogP contribution in [0.3, 0.4) is 0 Å². The van der Waals surface area contributed by atoms with Crippen molar-refractivity contribution in [3.8, 4) is 0 Å². The van der Waals surface area contributed by atoms with E-state index in [1.165, 1.54) is 11.3 Å². The van der Waals surface area contributed by atoms with Crippen LogP contribution in [0.4, 0.5) is 5.69 Å². The molecule has 0 fully saturated rings. The van der Waals surface area contributed by atoms with Gasteiger partial charge in [-0.2, -0.15) is 0 Å². The Labute approximate surface area is 106 Å². The van der Waals surface area contributed by atoms with Gasteiger partial charge in [-0.05, 0) is 46.4 Å². The van der Waals surface area contributed by atoms with Gasteiger partial charge in [0.15, 0.2) is 0 Å². The minimum Gasteiger partial charge on any atom is -0.321 e. The number of pyridine rings is 1. The van der Waals surface area contributed by atoms with E-state index in [0.29, 0.717) is 4.88 Å². The molecule has 0 unspecified atom stereocenters. The molecule has 0 radical (unpaired) electrons. The third kappa shape index (κ3) is 2.48. The number of anilines is 1. The summed E-state index contributed by atoms with van der Waals surface area (Å²) in [6.07, 6.45) is 1.68. The monoisotopic (exact) mass is 296 g/mol. The summed E-state index contributed by atoms with van der Waals surface area (Å²) in [5, 5.41) is 4.70. The summed E-state index contributed by atoms with van der Waals surface area (Å²) < 4.78 is 0.820. The molecule has 2 heterocycles. The van der Waals surface area contributed by atoms with E-state index in [-0.39, 0.29) is 5.91 Å². The molecule has 0 saturated carbocycles. The second kappa shape index (κ2) is 4.76. The van der Waals surface area contributed by atoms with E-state index >= 15 is 0 Å². The average Bonchev–Trinajstić information content (AvgIpc) is 2.64. The highest BCUT2D eigenvalue weighted by atomic mass is 79.9. The Kier molecular flexibility index (Phi) is 3.36. The van der Waals surface area contributed by atoms with Gasteiger partial charge in [0, 0.05) is 22.1 Å². The maximum atomic E-state index is 11.9. The van der Waals surface area contributed by atoms with Crippen molar-refractivity contribution in [3.63, 3.8) is 0 Å². The molecule has 5 heteroatoms. The molecule has 1 amide bonds. The number of nitrogens with one attached hydrogen (secondary N) is 1. The van der Waals surface area contributed by atoms with Crippen LogP contribution in [0.25, 0.3) is 0 Å². The average molecular weight is 297 g/mol. The molecule has 0 spiro atoms. The van der Waals surface area contributed by atoms with E-state index < -0.39 is 0 Å². The standard InChI is InChI=1S/C11H9BrN2OS/c1-7-6-8(2-4-13-7)14-11(15)10-9(12)3-5-16-10/h2-6H,1H3,(H,13,14,15). The molecule has 0 aliphatic heterocycles. The summed E-state index contributed by atoms with van der Waals surface area (Å²) in [4.78, 5) is 16.6. The van der Waals surface area contributed by atoms with Crippen LogP contribution in [0.5, 0.6) is 0 Å². The number of carbonyl (C=O) groups is 1. The lowest BCUT2D eigenvalue weighted by molar-refractivity contribution is 0.103. The number of amides is 1. The molecule has 2 aromatic heterocycles. The zero-order chi connectivity index (χ0) is 11.5.